The summed E-state index contributed by atoms with van der Waals surface area (Å²) in [4.78, 5) is 23.0. The summed E-state index contributed by atoms with van der Waals surface area (Å²) in [5.41, 5.74) is 0.807. The Balaban J connectivity index is 3.01. The van der Waals surface area contributed by atoms with Gasteiger partial charge >= 0.3 is 5.97 Å². The number of amides is 1. The molecule has 0 fully saturated rings. The largest absolute Gasteiger partial charge is 0.481 e. The number of rotatable bonds is 9. The third-order valence-corrected chi connectivity index (χ3v) is 6.10. The summed E-state index contributed by atoms with van der Waals surface area (Å²) in [7, 11) is -3.66. The molecule has 0 aromatic heterocycles. The van der Waals surface area contributed by atoms with E-state index in [1.54, 1.807) is 39.8 Å². The molecule has 0 aliphatic heterocycles. The molecular weight excluding hydrogens is 344 g/mol. The minimum absolute atomic E-state index is 0.0459. The van der Waals surface area contributed by atoms with Gasteiger partial charge in [0.1, 0.15) is 0 Å². The van der Waals surface area contributed by atoms with Crippen LogP contribution in [0.15, 0.2) is 23.1 Å². The molecule has 1 rings (SSSR count). The molecule has 0 spiro atoms. The Hall–Kier alpha value is -1.93. The highest BCUT2D eigenvalue weighted by Gasteiger charge is 2.24. The number of hydrogen-bond donors (Lipinski definition) is 2. The number of hydrogen-bond acceptors (Lipinski definition) is 4. The quantitative estimate of drug-likeness (QED) is 0.690. The number of carbonyl (C=O) groups excluding carboxylic acids is 1. The Morgan fingerprint density at radius 2 is 1.84 bits per heavy atom. The highest BCUT2D eigenvalue weighted by atomic mass is 32.2. The molecule has 7 nitrogen and oxygen atoms in total. The Bertz CT molecular complexity index is 727. The first-order chi connectivity index (χ1) is 11.6. The normalized spacial score (nSPS) is 12.8. The minimum Gasteiger partial charge on any atom is -0.481 e. The summed E-state index contributed by atoms with van der Waals surface area (Å²) < 4.78 is 26.8. The van der Waals surface area contributed by atoms with Crippen LogP contribution in [-0.2, 0) is 14.8 Å². The van der Waals surface area contributed by atoms with Crippen LogP contribution in [0.2, 0.25) is 0 Å². The molecule has 1 atom stereocenters. The average Bonchev–Trinajstić information content (AvgIpc) is 2.53. The van der Waals surface area contributed by atoms with Gasteiger partial charge < -0.3 is 10.4 Å². The molecule has 0 aliphatic rings. The molecule has 0 saturated carbocycles. The summed E-state index contributed by atoms with van der Waals surface area (Å²) in [6, 6.07) is 4.54. The van der Waals surface area contributed by atoms with E-state index in [0.717, 1.165) is 0 Å². The summed E-state index contributed by atoms with van der Waals surface area (Å²) in [6.07, 6.45) is -0.0459. The fourth-order valence-electron chi connectivity index (χ4n) is 2.46. The van der Waals surface area contributed by atoms with Gasteiger partial charge in [-0.05, 0) is 30.5 Å². The molecule has 1 aromatic carbocycles. The van der Waals surface area contributed by atoms with Crippen molar-refractivity contribution < 1.29 is 23.1 Å². The van der Waals surface area contributed by atoms with E-state index >= 15 is 0 Å². The van der Waals surface area contributed by atoms with Crippen LogP contribution >= 0.6 is 0 Å². The molecule has 1 aromatic rings. The number of nitrogens with zero attached hydrogens (tertiary/aromatic N) is 1. The van der Waals surface area contributed by atoms with E-state index < -0.39 is 21.9 Å². The average molecular weight is 370 g/mol. The van der Waals surface area contributed by atoms with E-state index in [1.807, 2.05) is 0 Å². The van der Waals surface area contributed by atoms with Gasteiger partial charge in [0, 0.05) is 31.6 Å². The number of sulfonamides is 1. The maximum Gasteiger partial charge on any atom is 0.303 e. The Labute approximate surface area is 149 Å². The van der Waals surface area contributed by atoms with Crippen molar-refractivity contribution in [2.75, 3.05) is 19.6 Å². The third kappa shape index (κ3) is 5.54. The van der Waals surface area contributed by atoms with Crippen molar-refractivity contribution in [2.24, 2.45) is 5.92 Å². The van der Waals surface area contributed by atoms with Crippen LogP contribution in [0.3, 0.4) is 0 Å². The molecule has 0 bridgehead atoms. The fraction of sp³-hybridized carbons (Fsp3) is 0.529. The Kier molecular flexibility index (Phi) is 7.57. The SMILES string of the molecule is CCN(CC)S(=O)(=O)c1cc(C(=O)NCC(C)CC(=O)O)ccc1C. The van der Waals surface area contributed by atoms with E-state index in [-0.39, 0.29) is 29.3 Å². The molecule has 8 heteroatoms. The van der Waals surface area contributed by atoms with Crippen molar-refractivity contribution in [3.63, 3.8) is 0 Å². The standard InChI is InChI=1S/C17H26N2O5S/c1-5-19(6-2)25(23,24)15-10-14(8-7-13(15)4)17(22)18-11-12(3)9-16(20)21/h7-8,10,12H,5-6,9,11H2,1-4H3,(H,18,22)(H,20,21). The van der Waals surface area contributed by atoms with Gasteiger partial charge in [-0.15, -0.1) is 0 Å². The molecule has 0 radical (unpaired) electrons. The van der Waals surface area contributed by atoms with Gasteiger partial charge in [0.05, 0.1) is 4.90 Å². The van der Waals surface area contributed by atoms with Crippen LogP contribution in [0.25, 0.3) is 0 Å². The van der Waals surface area contributed by atoms with Gasteiger partial charge in [0.25, 0.3) is 5.91 Å². The molecule has 1 amide bonds. The first-order valence-electron chi connectivity index (χ1n) is 8.24. The van der Waals surface area contributed by atoms with Gasteiger partial charge in [-0.2, -0.15) is 4.31 Å². The van der Waals surface area contributed by atoms with Crippen molar-refractivity contribution in [1.29, 1.82) is 0 Å². The lowest BCUT2D eigenvalue weighted by Gasteiger charge is -2.20. The van der Waals surface area contributed by atoms with E-state index in [9.17, 15) is 18.0 Å². The second-order valence-corrected chi connectivity index (χ2v) is 7.89. The zero-order chi connectivity index (χ0) is 19.2. The van der Waals surface area contributed by atoms with Crippen molar-refractivity contribution in [3.8, 4) is 0 Å². The summed E-state index contributed by atoms with van der Waals surface area (Å²) in [5, 5.41) is 11.4. The summed E-state index contributed by atoms with van der Waals surface area (Å²) in [6.45, 7) is 7.83. The maximum atomic E-state index is 12.7. The second-order valence-electron chi connectivity index (χ2n) is 5.98. The van der Waals surface area contributed by atoms with E-state index in [4.69, 9.17) is 5.11 Å². The van der Waals surface area contributed by atoms with Crippen molar-refractivity contribution >= 4 is 21.9 Å². The molecule has 0 aliphatic carbocycles. The molecule has 0 saturated heterocycles. The van der Waals surface area contributed by atoms with Crippen LogP contribution < -0.4 is 5.32 Å². The van der Waals surface area contributed by atoms with Crippen LogP contribution in [0, 0.1) is 12.8 Å². The fourth-order valence-corrected chi connectivity index (χ4v) is 4.17. The first-order valence-corrected chi connectivity index (χ1v) is 9.68. The predicted octanol–water partition coefficient (Wildman–Crippen LogP) is 1.87. The van der Waals surface area contributed by atoms with Crippen LogP contribution in [0.1, 0.15) is 43.1 Å². The smallest absolute Gasteiger partial charge is 0.303 e. The van der Waals surface area contributed by atoms with Crippen molar-refractivity contribution in [1.82, 2.24) is 9.62 Å². The lowest BCUT2D eigenvalue weighted by atomic mass is 10.1. The number of carboxylic acids is 1. The zero-order valence-electron chi connectivity index (χ0n) is 15.1. The topological polar surface area (TPSA) is 104 Å². The molecule has 1 unspecified atom stereocenters. The van der Waals surface area contributed by atoms with Gasteiger partial charge in [0.15, 0.2) is 0 Å². The number of carboxylic acid groups (broad SMARTS) is 1. The minimum atomic E-state index is -3.66. The van der Waals surface area contributed by atoms with E-state index in [0.29, 0.717) is 18.7 Å². The molecular formula is C17H26N2O5S. The van der Waals surface area contributed by atoms with Gasteiger partial charge in [0.2, 0.25) is 10.0 Å². The number of aryl methyl sites for hydroxylation is 1. The summed E-state index contributed by atoms with van der Waals surface area (Å²) in [5.74, 6) is -1.57. The zero-order valence-corrected chi connectivity index (χ0v) is 15.9. The van der Waals surface area contributed by atoms with Gasteiger partial charge in [-0.3, -0.25) is 9.59 Å². The highest BCUT2D eigenvalue weighted by molar-refractivity contribution is 7.89. The second kappa shape index (κ2) is 8.96. The number of carbonyl (C=O) groups is 2. The number of benzene rings is 1. The monoisotopic (exact) mass is 370 g/mol. The van der Waals surface area contributed by atoms with E-state index in [2.05, 4.69) is 5.32 Å². The maximum absolute atomic E-state index is 12.7. The molecule has 25 heavy (non-hydrogen) atoms. The van der Waals surface area contributed by atoms with Crippen molar-refractivity contribution in [2.45, 2.75) is 39.0 Å². The van der Waals surface area contributed by atoms with Crippen LogP contribution in [-0.4, -0.2) is 49.3 Å². The molecule has 0 heterocycles. The Morgan fingerprint density at radius 3 is 2.36 bits per heavy atom. The lowest BCUT2D eigenvalue weighted by Crippen LogP contribution is -2.32. The van der Waals surface area contributed by atoms with Crippen LogP contribution in [0.4, 0.5) is 0 Å². The number of nitrogens with one attached hydrogen (secondary N) is 1. The van der Waals surface area contributed by atoms with Crippen molar-refractivity contribution in [3.05, 3.63) is 29.3 Å². The number of aliphatic carboxylic acids is 1. The first kappa shape index (κ1) is 21.1. The Morgan fingerprint density at radius 1 is 1.24 bits per heavy atom. The molecule has 2 N–H and O–H groups in total. The van der Waals surface area contributed by atoms with Crippen LogP contribution in [0.5, 0.6) is 0 Å². The highest BCUT2D eigenvalue weighted by Crippen LogP contribution is 2.21. The van der Waals surface area contributed by atoms with Gasteiger partial charge in [-0.25, -0.2) is 8.42 Å². The van der Waals surface area contributed by atoms with E-state index in [1.165, 1.54) is 10.4 Å². The third-order valence-electron chi connectivity index (χ3n) is 3.91. The lowest BCUT2D eigenvalue weighted by molar-refractivity contribution is -0.137. The predicted molar refractivity (Wildman–Crippen MR) is 95.0 cm³/mol. The van der Waals surface area contributed by atoms with Gasteiger partial charge in [-0.1, -0.05) is 26.8 Å². The molecule has 140 valence electrons. The summed E-state index contributed by atoms with van der Waals surface area (Å²) >= 11 is 0.